The van der Waals surface area contributed by atoms with Gasteiger partial charge in [-0.1, -0.05) is 56.3 Å². The molecular formula is C23H28N2O5. The molecule has 2 aromatic rings. The van der Waals surface area contributed by atoms with Crippen LogP contribution >= 0.6 is 0 Å². The van der Waals surface area contributed by atoms with Crippen molar-refractivity contribution in [3.8, 4) is 5.75 Å². The lowest BCUT2D eigenvalue weighted by Crippen LogP contribution is -2.46. The fourth-order valence-electron chi connectivity index (χ4n) is 2.77. The summed E-state index contributed by atoms with van der Waals surface area (Å²) in [6.07, 6.45) is 0.159. The third kappa shape index (κ3) is 7.24. The Hall–Kier alpha value is -3.35. The van der Waals surface area contributed by atoms with Gasteiger partial charge in [-0.15, -0.1) is 0 Å². The minimum absolute atomic E-state index is 0.159. The fraction of sp³-hybridized carbons (Fsp3) is 0.348. The van der Waals surface area contributed by atoms with Crippen molar-refractivity contribution in [3.63, 3.8) is 0 Å². The Morgan fingerprint density at radius 3 is 2.27 bits per heavy atom. The zero-order valence-electron chi connectivity index (χ0n) is 17.5. The molecule has 0 aliphatic rings. The molecule has 0 bridgehead atoms. The molecule has 2 aromatic carbocycles. The molecule has 0 aliphatic carbocycles. The van der Waals surface area contributed by atoms with Crippen molar-refractivity contribution in [1.82, 2.24) is 5.32 Å². The number of benzene rings is 2. The number of rotatable bonds is 10. The minimum atomic E-state index is -0.843. The Morgan fingerprint density at radius 1 is 0.933 bits per heavy atom. The van der Waals surface area contributed by atoms with Crippen LogP contribution in [0.5, 0.6) is 5.75 Å². The van der Waals surface area contributed by atoms with Gasteiger partial charge in [-0.3, -0.25) is 9.59 Å². The van der Waals surface area contributed by atoms with Crippen LogP contribution in [-0.4, -0.2) is 37.0 Å². The molecule has 7 heteroatoms. The van der Waals surface area contributed by atoms with Crippen LogP contribution in [0.15, 0.2) is 54.6 Å². The van der Waals surface area contributed by atoms with Gasteiger partial charge in [0.25, 0.3) is 5.91 Å². The number of hydrogen-bond donors (Lipinski definition) is 2. The van der Waals surface area contributed by atoms with Crippen molar-refractivity contribution in [2.45, 2.75) is 33.2 Å². The van der Waals surface area contributed by atoms with E-state index in [0.29, 0.717) is 18.0 Å². The Morgan fingerprint density at radius 2 is 1.60 bits per heavy atom. The van der Waals surface area contributed by atoms with Crippen molar-refractivity contribution < 1.29 is 23.9 Å². The predicted octanol–water partition coefficient (Wildman–Crippen LogP) is 2.95. The lowest BCUT2D eigenvalue weighted by Gasteiger charge is -2.21. The van der Waals surface area contributed by atoms with E-state index in [4.69, 9.17) is 9.47 Å². The molecule has 0 unspecified atom stereocenters. The molecule has 0 saturated heterocycles. The molecule has 0 spiro atoms. The second-order valence-electron chi connectivity index (χ2n) is 7.04. The molecule has 0 aliphatic heterocycles. The molecule has 0 heterocycles. The number of para-hydroxylation sites is 2. The molecule has 2 rings (SSSR count). The van der Waals surface area contributed by atoms with Crippen molar-refractivity contribution in [2.24, 2.45) is 5.92 Å². The third-order valence-electron chi connectivity index (χ3n) is 4.25. The minimum Gasteiger partial charge on any atom is -0.492 e. The standard InChI is InChI=1S/C23H28N2O5/c1-4-29-19-13-9-8-12-18(19)24-21(27)15-30-23(28)22(16(2)3)25-20(26)14-17-10-6-5-7-11-17/h5-13,16,22H,4,14-15H2,1-3H3,(H,24,27)(H,25,26)/t22-/m0/s1. The molecule has 2 amide bonds. The van der Waals surface area contributed by atoms with Gasteiger partial charge >= 0.3 is 5.97 Å². The highest BCUT2D eigenvalue weighted by atomic mass is 16.5. The van der Waals surface area contributed by atoms with E-state index in [-0.39, 0.29) is 18.2 Å². The summed E-state index contributed by atoms with van der Waals surface area (Å²) in [5, 5.41) is 5.36. The van der Waals surface area contributed by atoms with Crippen molar-refractivity contribution in [1.29, 1.82) is 0 Å². The first-order valence-corrected chi connectivity index (χ1v) is 9.92. The molecule has 30 heavy (non-hydrogen) atoms. The van der Waals surface area contributed by atoms with Crippen LogP contribution < -0.4 is 15.4 Å². The van der Waals surface area contributed by atoms with Gasteiger partial charge < -0.3 is 20.1 Å². The highest BCUT2D eigenvalue weighted by molar-refractivity contribution is 5.94. The van der Waals surface area contributed by atoms with Gasteiger partial charge in [-0.05, 0) is 30.5 Å². The Bertz CT molecular complexity index is 852. The lowest BCUT2D eigenvalue weighted by molar-refractivity contribution is -0.151. The number of hydrogen-bond acceptors (Lipinski definition) is 5. The van der Waals surface area contributed by atoms with Crippen LogP contribution in [0.3, 0.4) is 0 Å². The number of amides is 2. The number of carbonyl (C=O) groups excluding carboxylic acids is 3. The zero-order valence-corrected chi connectivity index (χ0v) is 17.5. The second-order valence-corrected chi connectivity index (χ2v) is 7.04. The van der Waals surface area contributed by atoms with E-state index in [1.807, 2.05) is 37.3 Å². The first-order chi connectivity index (χ1) is 14.4. The molecule has 160 valence electrons. The van der Waals surface area contributed by atoms with E-state index in [9.17, 15) is 14.4 Å². The first kappa shape index (κ1) is 22.9. The smallest absolute Gasteiger partial charge is 0.329 e. The summed E-state index contributed by atoms with van der Waals surface area (Å²) in [6, 6.07) is 15.4. The zero-order chi connectivity index (χ0) is 21.9. The summed E-state index contributed by atoms with van der Waals surface area (Å²) in [7, 11) is 0. The third-order valence-corrected chi connectivity index (χ3v) is 4.25. The largest absolute Gasteiger partial charge is 0.492 e. The number of anilines is 1. The highest BCUT2D eigenvalue weighted by Crippen LogP contribution is 2.23. The second kappa shape index (κ2) is 11.6. The topological polar surface area (TPSA) is 93.7 Å². The summed E-state index contributed by atoms with van der Waals surface area (Å²) in [6.45, 7) is 5.44. The van der Waals surface area contributed by atoms with Crippen molar-refractivity contribution >= 4 is 23.5 Å². The molecule has 2 N–H and O–H groups in total. The summed E-state index contributed by atoms with van der Waals surface area (Å²) in [5.41, 5.74) is 1.34. The summed E-state index contributed by atoms with van der Waals surface area (Å²) >= 11 is 0. The van der Waals surface area contributed by atoms with Gasteiger partial charge in [-0.2, -0.15) is 0 Å². The molecule has 1 atom stereocenters. The number of esters is 1. The SMILES string of the molecule is CCOc1ccccc1NC(=O)COC(=O)[C@@H](NC(=O)Cc1ccccc1)C(C)C. The van der Waals surface area contributed by atoms with Crippen molar-refractivity contribution in [3.05, 3.63) is 60.2 Å². The highest BCUT2D eigenvalue weighted by Gasteiger charge is 2.26. The van der Waals surface area contributed by atoms with Crippen LogP contribution in [0.25, 0.3) is 0 Å². The van der Waals surface area contributed by atoms with Gasteiger partial charge in [0, 0.05) is 0 Å². The Kier molecular flexibility index (Phi) is 8.87. The van der Waals surface area contributed by atoms with Gasteiger partial charge in [0.2, 0.25) is 5.91 Å². The Balaban J connectivity index is 1.89. The maximum atomic E-state index is 12.5. The quantitative estimate of drug-likeness (QED) is 0.585. The predicted molar refractivity (Wildman–Crippen MR) is 114 cm³/mol. The maximum absolute atomic E-state index is 12.5. The van der Waals surface area contributed by atoms with E-state index in [1.165, 1.54) is 0 Å². The number of carbonyl (C=O) groups is 3. The van der Waals surface area contributed by atoms with Crippen LogP contribution in [0.4, 0.5) is 5.69 Å². The van der Waals surface area contributed by atoms with Gasteiger partial charge in [0.05, 0.1) is 18.7 Å². The average molecular weight is 412 g/mol. The van der Waals surface area contributed by atoms with Crippen LogP contribution in [0.2, 0.25) is 0 Å². The summed E-state index contributed by atoms with van der Waals surface area (Å²) < 4.78 is 10.6. The van der Waals surface area contributed by atoms with Gasteiger partial charge in [-0.25, -0.2) is 4.79 Å². The van der Waals surface area contributed by atoms with E-state index in [0.717, 1.165) is 5.56 Å². The molecular weight excluding hydrogens is 384 g/mol. The molecule has 0 fully saturated rings. The van der Waals surface area contributed by atoms with Crippen LogP contribution in [0, 0.1) is 5.92 Å². The van der Waals surface area contributed by atoms with Crippen LogP contribution in [-0.2, 0) is 25.5 Å². The Labute approximate surface area is 176 Å². The van der Waals surface area contributed by atoms with Crippen LogP contribution in [0.1, 0.15) is 26.3 Å². The van der Waals surface area contributed by atoms with E-state index >= 15 is 0 Å². The average Bonchev–Trinajstić information content (AvgIpc) is 2.72. The number of ether oxygens (including phenoxy) is 2. The monoisotopic (exact) mass is 412 g/mol. The van der Waals surface area contributed by atoms with Crippen molar-refractivity contribution in [2.75, 3.05) is 18.5 Å². The van der Waals surface area contributed by atoms with E-state index in [2.05, 4.69) is 10.6 Å². The number of nitrogens with one attached hydrogen (secondary N) is 2. The lowest BCUT2D eigenvalue weighted by atomic mass is 10.0. The van der Waals surface area contributed by atoms with E-state index < -0.39 is 24.5 Å². The molecule has 0 radical (unpaired) electrons. The van der Waals surface area contributed by atoms with Gasteiger partial charge in [0.1, 0.15) is 11.8 Å². The molecule has 0 saturated carbocycles. The molecule has 0 aromatic heterocycles. The fourth-order valence-corrected chi connectivity index (χ4v) is 2.77. The summed E-state index contributed by atoms with van der Waals surface area (Å²) in [5.74, 6) is -1.09. The summed E-state index contributed by atoms with van der Waals surface area (Å²) in [4.78, 5) is 37.0. The molecule has 7 nitrogen and oxygen atoms in total. The van der Waals surface area contributed by atoms with E-state index in [1.54, 1.807) is 38.1 Å². The first-order valence-electron chi connectivity index (χ1n) is 9.92. The van der Waals surface area contributed by atoms with Gasteiger partial charge in [0.15, 0.2) is 6.61 Å². The maximum Gasteiger partial charge on any atom is 0.329 e. The normalized spacial score (nSPS) is 11.5.